The minimum absolute atomic E-state index is 0.288. The van der Waals surface area contributed by atoms with E-state index < -0.39 is 0 Å². The summed E-state index contributed by atoms with van der Waals surface area (Å²) >= 11 is 0. The Hall–Kier alpha value is -1.78. The summed E-state index contributed by atoms with van der Waals surface area (Å²) in [6.45, 7) is 0.478. The number of hydrogen-bond donors (Lipinski definition) is 3. The number of nitrogens with one attached hydrogen (secondary N) is 1. The quantitative estimate of drug-likeness (QED) is 0.605. The Morgan fingerprint density at radius 2 is 2.31 bits per heavy atom. The van der Waals surface area contributed by atoms with Gasteiger partial charge in [0.25, 0.3) is 0 Å². The molecule has 0 unspecified atom stereocenters. The molecule has 1 rings (SSSR count). The van der Waals surface area contributed by atoms with Crippen molar-refractivity contribution in [3.63, 3.8) is 0 Å². The Balaban J connectivity index is 2.41. The lowest BCUT2D eigenvalue weighted by Gasteiger charge is -2.03. The molecule has 1 amide bonds. The second-order valence-electron chi connectivity index (χ2n) is 2.59. The first-order chi connectivity index (χ1) is 6.18. The molecule has 5 heteroatoms. The molecule has 0 fully saturated rings. The van der Waals surface area contributed by atoms with E-state index in [0.717, 1.165) is 0 Å². The summed E-state index contributed by atoms with van der Waals surface area (Å²) in [5.41, 5.74) is 10.4. The van der Waals surface area contributed by atoms with E-state index in [1.165, 1.54) is 0 Å². The lowest BCUT2D eigenvalue weighted by molar-refractivity contribution is -0.117. The maximum Gasteiger partial charge on any atom is 0.219 e. The van der Waals surface area contributed by atoms with Gasteiger partial charge < -0.3 is 16.8 Å². The van der Waals surface area contributed by atoms with Gasteiger partial charge in [0.1, 0.15) is 11.6 Å². The molecule has 1 heterocycles. The molecule has 0 aliphatic heterocycles. The number of carbonyl (C=O) groups is 1. The van der Waals surface area contributed by atoms with E-state index in [1.807, 2.05) is 0 Å². The molecule has 1 aromatic rings. The molecule has 1 aromatic heterocycles. The van der Waals surface area contributed by atoms with E-state index in [1.54, 1.807) is 18.2 Å². The molecule has 0 radical (unpaired) electrons. The maximum absolute atomic E-state index is 10.4. The van der Waals surface area contributed by atoms with E-state index in [4.69, 9.17) is 11.5 Å². The van der Waals surface area contributed by atoms with Gasteiger partial charge in [-0.2, -0.15) is 0 Å². The van der Waals surface area contributed by atoms with Crippen LogP contribution in [0.5, 0.6) is 0 Å². The van der Waals surface area contributed by atoms with Crippen molar-refractivity contribution in [2.75, 3.05) is 17.6 Å². The average Bonchev–Trinajstić information content (AvgIpc) is 2.03. The first kappa shape index (κ1) is 9.31. The van der Waals surface area contributed by atoms with Gasteiger partial charge in [-0.3, -0.25) is 4.79 Å². The fourth-order valence-corrected chi connectivity index (χ4v) is 0.864. The van der Waals surface area contributed by atoms with Crippen molar-refractivity contribution in [1.29, 1.82) is 0 Å². The minimum atomic E-state index is -0.337. The van der Waals surface area contributed by atoms with Crippen LogP contribution in [0.4, 0.5) is 11.6 Å². The Bertz CT molecular complexity index is 300. The van der Waals surface area contributed by atoms with Gasteiger partial charge in [0.15, 0.2) is 0 Å². The maximum atomic E-state index is 10.4. The van der Waals surface area contributed by atoms with Crippen LogP contribution < -0.4 is 16.8 Å². The average molecular weight is 180 g/mol. The number of aromatic nitrogens is 1. The molecule has 0 bridgehead atoms. The number of rotatable bonds is 4. The van der Waals surface area contributed by atoms with Crippen molar-refractivity contribution >= 4 is 17.5 Å². The molecule has 13 heavy (non-hydrogen) atoms. The number of anilines is 2. The van der Waals surface area contributed by atoms with Crippen LogP contribution in [0.2, 0.25) is 0 Å². The fraction of sp³-hybridized carbons (Fsp3) is 0.250. The highest BCUT2D eigenvalue weighted by Crippen LogP contribution is 2.04. The summed E-state index contributed by atoms with van der Waals surface area (Å²) in [7, 11) is 0. The van der Waals surface area contributed by atoms with Crippen LogP contribution in [-0.4, -0.2) is 17.4 Å². The molecule has 5 N–H and O–H groups in total. The highest BCUT2D eigenvalue weighted by Gasteiger charge is 1.95. The number of nitrogen functional groups attached to an aromatic ring is 1. The highest BCUT2D eigenvalue weighted by atomic mass is 16.1. The first-order valence-electron chi connectivity index (χ1n) is 3.93. The molecule has 0 spiro atoms. The number of nitrogens with two attached hydrogens (primary N) is 2. The summed E-state index contributed by atoms with van der Waals surface area (Å²) in [5, 5.41) is 2.92. The number of hydrogen-bond acceptors (Lipinski definition) is 4. The topological polar surface area (TPSA) is 94.0 Å². The van der Waals surface area contributed by atoms with Crippen LogP contribution in [0, 0.1) is 0 Å². The molecule has 0 atom stereocenters. The zero-order valence-electron chi connectivity index (χ0n) is 7.16. The molecule has 70 valence electrons. The summed E-state index contributed by atoms with van der Waals surface area (Å²) < 4.78 is 0. The molecule has 0 aliphatic carbocycles. The SMILES string of the molecule is NC(=O)CCNc1cccc(N)n1. The van der Waals surface area contributed by atoms with Crippen LogP contribution in [-0.2, 0) is 4.79 Å². The van der Waals surface area contributed by atoms with Gasteiger partial charge in [-0.25, -0.2) is 4.98 Å². The Kier molecular flexibility index (Phi) is 3.08. The summed E-state index contributed by atoms with van der Waals surface area (Å²) in [6.07, 6.45) is 0.288. The predicted molar refractivity (Wildman–Crippen MR) is 51.0 cm³/mol. The Morgan fingerprint density at radius 3 is 2.92 bits per heavy atom. The van der Waals surface area contributed by atoms with Gasteiger partial charge in [0.2, 0.25) is 5.91 Å². The smallest absolute Gasteiger partial charge is 0.219 e. The largest absolute Gasteiger partial charge is 0.384 e. The van der Waals surface area contributed by atoms with Crippen LogP contribution in [0.3, 0.4) is 0 Å². The standard InChI is InChI=1S/C8H12N4O/c9-6-2-1-3-8(12-6)11-5-4-7(10)13/h1-3H,4-5H2,(H2,10,13)(H3,9,11,12). The Labute approximate surface area is 76.1 Å². The van der Waals surface area contributed by atoms with Gasteiger partial charge >= 0.3 is 0 Å². The second-order valence-corrected chi connectivity index (χ2v) is 2.59. The molecular weight excluding hydrogens is 168 g/mol. The molecular formula is C8H12N4O. The van der Waals surface area contributed by atoms with Crippen molar-refractivity contribution in [1.82, 2.24) is 4.98 Å². The number of nitrogens with zero attached hydrogens (tertiary/aromatic N) is 1. The fourth-order valence-electron chi connectivity index (χ4n) is 0.864. The molecule has 0 saturated carbocycles. The van der Waals surface area contributed by atoms with Crippen LogP contribution >= 0.6 is 0 Å². The summed E-state index contributed by atoms with van der Waals surface area (Å²) in [5.74, 6) is 0.765. The van der Waals surface area contributed by atoms with Crippen molar-refractivity contribution in [2.24, 2.45) is 5.73 Å². The summed E-state index contributed by atoms with van der Waals surface area (Å²) in [4.78, 5) is 14.4. The van der Waals surface area contributed by atoms with E-state index >= 15 is 0 Å². The first-order valence-corrected chi connectivity index (χ1v) is 3.93. The van der Waals surface area contributed by atoms with Crippen molar-refractivity contribution in [2.45, 2.75) is 6.42 Å². The molecule has 0 aromatic carbocycles. The number of amides is 1. The third-order valence-electron chi connectivity index (χ3n) is 1.45. The summed E-state index contributed by atoms with van der Waals surface area (Å²) in [6, 6.07) is 5.26. The molecule has 5 nitrogen and oxygen atoms in total. The monoisotopic (exact) mass is 180 g/mol. The lowest BCUT2D eigenvalue weighted by atomic mass is 10.4. The minimum Gasteiger partial charge on any atom is -0.384 e. The Morgan fingerprint density at radius 1 is 1.54 bits per heavy atom. The van der Waals surface area contributed by atoms with Gasteiger partial charge in [-0.15, -0.1) is 0 Å². The van der Waals surface area contributed by atoms with Crippen molar-refractivity contribution < 1.29 is 4.79 Å². The van der Waals surface area contributed by atoms with Crippen molar-refractivity contribution in [3.8, 4) is 0 Å². The van der Waals surface area contributed by atoms with E-state index in [0.29, 0.717) is 18.2 Å². The molecule has 0 aliphatic rings. The van der Waals surface area contributed by atoms with Gasteiger partial charge in [0, 0.05) is 13.0 Å². The van der Waals surface area contributed by atoms with E-state index in [2.05, 4.69) is 10.3 Å². The lowest BCUT2D eigenvalue weighted by Crippen LogP contribution is -2.16. The van der Waals surface area contributed by atoms with Gasteiger partial charge in [-0.05, 0) is 12.1 Å². The van der Waals surface area contributed by atoms with Crippen LogP contribution in [0.15, 0.2) is 18.2 Å². The van der Waals surface area contributed by atoms with E-state index in [-0.39, 0.29) is 12.3 Å². The highest BCUT2D eigenvalue weighted by molar-refractivity contribution is 5.74. The number of carbonyl (C=O) groups excluding carboxylic acids is 1. The predicted octanol–water partition coefficient (Wildman–Crippen LogP) is -0.0489. The van der Waals surface area contributed by atoms with Gasteiger partial charge in [0.05, 0.1) is 0 Å². The zero-order valence-corrected chi connectivity index (χ0v) is 7.16. The van der Waals surface area contributed by atoms with E-state index in [9.17, 15) is 4.79 Å². The molecule has 0 saturated heterocycles. The van der Waals surface area contributed by atoms with Crippen LogP contribution in [0.1, 0.15) is 6.42 Å². The second kappa shape index (κ2) is 4.30. The normalized spacial score (nSPS) is 9.54. The number of primary amides is 1. The number of pyridine rings is 1. The van der Waals surface area contributed by atoms with Crippen LogP contribution in [0.25, 0.3) is 0 Å². The third kappa shape index (κ3) is 3.42. The zero-order chi connectivity index (χ0) is 9.68. The third-order valence-corrected chi connectivity index (χ3v) is 1.45. The van der Waals surface area contributed by atoms with Gasteiger partial charge in [-0.1, -0.05) is 6.07 Å². The van der Waals surface area contributed by atoms with Crippen molar-refractivity contribution in [3.05, 3.63) is 18.2 Å².